The number of hydrogen-bond acceptors (Lipinski definition) is 5. The van der Waals surface area contributed by atoms with Crippen LogP contribution >= 0.6 is 11.8 Å². The van der Waals surface area contributed by atoms with Gasteiger partial charge in [-0.15, -0.1) is 5.10 Å². The van der Waals surface area contributed by atoms with Crippen LogP contribution < -0.4 is 4.90 Å². The minimum Gasteiger partial charge on any atom is -0.311 e. The molecule has 1 aromatic carbocycles. The Morgan fingerprint density at radius 2 is 2.24 bits per heavy atom. The number of amides is 1. The van der Waals surface area contributed by atoms with Crippen molar-refractivity contribution in [1.82, 2.24) is 20.2 Å². The second-order valence-electron chi connectivity index (χ2n) is 4.91. The van der Waals surface area contributed by atoms with E-state index < -0.39 is 0 Å². The Hall–Kier alpha value is -1.89. The molecule has 1 aliphatic heterocycles. The van der Waals surface area contributed by atoms with Crippen molar-refractivity contribution in [3.05, 3.63) is 29.8 Å². The van der Waals surface area contributed by atoms with Crippen molar-refractivity contribution in [2.75, 3.05) is 11.4 Å². The van der Waals surface area contributed by atoms with Crippen LogP contribution in [0.25, 0.3) is 0 Å². The maximum atomic E-state index is 12.7. The van der Waals surface area contributed by atoms with Crippen LogP contribution in [0.2, 0.25) is 0 Å². The first-order valence-electron chi connectivity index (χ1n) is 7.02. The summed E-state index contributed by atoms with van der Waals surface area (Å²) in [5, 5.41) is 12.0. The van der Waals surface area contributed by atoms with Crippen LogP contribution in [0, 0.1) is 0 Å². The summed E-state index contributed by atoms with van der Waals surface area (Å²) in [6.07, 6.45) is 0.923. The standard InChI is InChI=1S/C14H17N5OS/c1-3-19-14(15-16-17-19)21-10(2)13(20)18-9-8-11-6-4-5-7-12(11)18/h4-7,10H,3,8-9H2,1-2H3. The van der Waals surface area contributed by atoms with Gasteiger partial charge in [0.15, 0.2) is 0 Å². The maximum absolute atomic E-state index is 12.7. The molecule has 2 heterocycles. The van der Waals surface area contributed by atoms with E-state index in [0.29, 0.717) is 11.7 Å². The van der Waals surface area contributed by atoms with Crippen LogP contribution in [0.5, 0.6) is 0 Å². The summed E-state index contributed by atoms with van der Waals surface area (Å²) in [5.41, 5.74) is 2.27. The Morgan fingerprint density at radius 1 is 1.43 bits per heavy atom. The molecule has 0 aliphatic carbocycles. The molecule has 1 unspecified atom stereocenters. The minimum absolute atomic E-state index is 0.107. The monoisotopic (exact) mass is 303 g/mol. The number of hydrogen-bond donors (Lipinski definition) is 0. The van der Waals surface area contributed by atoms with Gasteiger partial charge < -0.3 is 4.90 Å². The lowest BCUT2D eigenvalue weighted by molar-refractivity contribution is -0.117. The fourth-order valence-electron chi connectivity index (χ4n) is 2.47. The molecule has 0 radical (unpaired) electrons. The van der Waals surface area contributed by atoms with Crippen LogP contribution in [0.1, 0.15) is 19.4 Å². The van der Waals surface area contributed by atoms with Gasteiger partial charge in [-0.25, -0.2) is 4.68 Å². The highest BCUT2D eigenvalue weighted by molar-refractivity contribution is 8.00. The molecule has 1 amide bonds. The molecule has 3 rings (SSSR count). The normalized spacial score (nSPS) is 15.0. The Morgan fingerprint density at radius 3 is 3.05 bits per heavy atom. The van der Waals surface area contributed by atoms with Gasteiger partial charge in [0, 0.05) is 18.8 Å². The van der Waals surface area contributed by atoms with Crippen LogP contribution in [0.4, 0.5) is 5.69 Å². The molecule has 0 bridgehead atoms. The van der Waals surface area contributed by atoms with Crippen molar-refractivity contribution in [2.45, 2.75) is 37.2 Å². The van der Waals surface area contributed by atoms with Crippen LogP contribution in [0.3, 0.4) is 0 Å². The van der Waals surface area contributed by atoms with Gasteiger partial charge in [0.05, 0.1) is 5.25 Å². The Labute approximate surface area is 127 Å². The smallest absolute Gasteiger partial charge is 0.240 e. The van der Waals surface area contributed by atoms with E-state index in [1.165, 1.54) is 17.3 Å². The number of rotatable bonds is 4. The number of anilines is 1. The SMILES string of the molecule is CCn1nnnc1SC(C)C(=O)N1CCc2ccccc21. The number of tetrazole rings is 1. The molecule has 1 atom stereocenters. The number of carbonyl (C=O) groups excluding carboxylic acids is 1. The van der Waals surface area contributed by atoms with E-state index in [2.05, 4.69) is 21.6 Å². The summed E-state index contributed by atoms with van der Waals surface area (Å²) >= 11 is 1.41. The molecule has 1 aliphatic rings. The molecule has 110 valence electrons. The third kappa shape index (κ3) is 2.65. The van der Waals surface area contributed by atoms with Gasteiger partial charge in [-0.3, -0.25) is 4.79 Å². The fraction of sp³-hybridized carbons (Fsp3) is 0.429. The second-order valence-corrected chi connectivity index (χ2v) is 6.21. The third-order valence-electron chi connectivity index (χ3n) is 3.58. The van der Waals surface area contributed by atoms with E-state index in [9.17, 15) is 4.79 Å². The zero-order valence-corrected chi connectivity index (χ0v) is 12.9. The number of aromatic nitrogens is 4. The zero-order chi connectivity index (χ0) is 14.8. The number of fused-ring (bicyclic) bond motifs is 1. The minimum atomic E-state index is -0.215. The van der Waals surface area contributed by atoms with Gasteiger partial charge in [0.2, 0.25) is 11.1 Å². The predicted molar refractivity (Wildman–Crippen MR) is 81.3 cm³/mol. The average molecular weight is 303 g/mol. The second kappa shape index (κ2) is 5.85. The molecule has 1 aromatic heterocycles. The Bertz CT molecular complexity index is 656. The molecule has 21 heavy (non-hydrogen) atoms. The summed E-state index contributed by atoms with van der Waals surface area (Å²) in [5.74, 6) is 0.107. The quantitative estimate of drug-likeness (QED) is 0.805. The lowest BCUT2D eigenvalue weighted by Gasteiger charge is -2.20. The molecule has 6 nitrogen and oxygen atoms in total. The fourth-order valence-corrected chi connectivity index (χ4v) is 3.39. The highest BCUT2D eigenvalue weighted by Crippen LogP contribution is 2.30. The lowest BCUT2D eigenvalue weighted by Crippen LogP contribution is -2.35. The summed E-state index contributed by atoms with van der Waals surface area (Å²) in [7, 11) is 0. The highest BCUT2D eigenvalue weighted by atomic mass is 32.2. The van der Waals surface area contributed by atoms with Gasteiger partial charge in [-0.05, 0) is 42.3 Å². The summed E-state index contributed by atoms with van der Waals surface area (Å²) < 4.78 is 1.70. The molecule has 2 aromatic rings. The maximum Gasteiger partial charge on any atom is 0.240 e. The average Bonchev–Trinajstić information content (AvgIpc) is 3.12. The molecule has 0 N–H and O–H groups in total. The van der Waals surface area contributed by atoms with E-state index >= 15 is 0 Å². The number of nitrogens with zero attached hydrogens (tertiary/aromatic N) is 5. The molecular weight excluding hydrogens is 286 g/mol. The number of carbonyl (C=O) groups is 1. The Balaban J connectivity index is 1.74. The third-order valence-corrected chi connectivity index (χ3v) is 4.64. The first kappa shape index (κ1) is 14.1. The van der Waals surface area contributed by atoms with Gasteiger partial charge in [0.1, 0.15) is 0 Å². The summed E-state index contributed by atoms with van der Waals surface area (Å²) in [6.45, 7) is 5.33. The van der Waals surface area contributed by atoms with Crippen molar-refractivity contribution in [2.24, 2.45) is 0 Å². The van der Waals surface area contributed by atoms with E-state index in [-0.39, 0.29) is 11.2 Å². The first-order valence-corrected chi connectivity index (χ1v) is 7.90. The van der Waals surface area contributed by atoms with Crippen molar-refractivity contribution in [3.63, 3.8) is 0 Å². The molecule has 0 saturated carbocycles. The Kier molecular flexibility index (Phi) is 3.92. The van der Waals surface area contributed by atoms with Crippen molar-refractivity contribution < 1.29 is 4.79 Å². The van der Waals surface area contributed by atoms with Crippen molar-refractivity contribution >= 4 is 23.4 Å². The van der Waals surface area contributed by atoms with E-state index in [1.54, 1.807) is 4.68 Å². The summed E-state index contributed by atoms with van der Waals surface area (Å²) in [4.78, 5) is 14.5. The lowest BCUT2D eigenvalue weighted by atomic mass is 10.2. The van der Waals surface area contributed by atoms with Gasteiger partial charge in [0.25, 0.3) is 0 Å². The predicted octanol–water partition coefficient (Wildman–Crippen LogP) is 1.76. The largest absolute Gasteiger partial charge is 0.311 e. The first-order chi connectivity index (χ1) is 10.2. The van der Waals surface area contributed by atoms with Crippen molar-refractivity contribution in [3.8, 4) is 0 Å². The summed E-state index contributed by atoms with van der Waals surface area (Å²) in [6, 6.07) is 8.08. The van der Waals surface area contributed by atoms with Gasteiger partial charge in [-0.1, -0.05) is 30.0 Å². The molecule has 0 spiro atoms. The number of thioether (sulfide) groups is 1. The molecular formula is C14H17N5OS. The van der Waals surface area contributed by atoms with Crippen LogP contribution in [0.15, 0.2) is 29.4 Å². The molecule has 7 heteroatoms. The van der Waals surface area contributed by atoms with Crippen molar-refractivity contribution in [1.29, 1.82) is 0 Å². The molecule has 0 saturated heterocycles. The van der Waals surface area contributed by atoms with Gasteiger partial charge >= 0.3 is 0 Å². The topological polar surface area (TPSA) is 63.9 Å². The number of benzene rings is 1. The highest BCUT2D eigenvalue weighted by Gasteiger charge is 2.29. The number of para-hydroxylation sites is 1. The van der Waals surface area contributed by atoms with Crippen LogP contribution in [-0.4, -0.2) is 37.9 Å². The van der Waals surface area contributed by atoms with E-state index in [1.807, 2.05) is 36.9 Å². The van der Waals surface area contributed by atoms with Crippen LogP contribution in [-0.2, 0) is 17.8 Å². The van der Waals surface area contributed by atoms with E-state index in [4.69, 9.17) is 0 Å². The van der Waals surface area contributed by atoms with Gasteiger partial charge in [-0.2, -0.15) is 0 Å². The zero-order valence-electron chi connectivity index (χ0n) is 12.1. The molecule has 0 fully saturated rings. The number of aryl methyl sites for hydroxylation is 1. The van der Waals surface area contributed by atoms with E-state index in [0.717, 1.165) is 18.7 Å².